The topological polar surface area (TPSA) is 78.8 Å². The Balaban J connectivity index is 1.60. The molecule has 0 aliphatic carbocycles. The SMILES string of the molecule is COc1ccnc(N2CCN(Cc3cc(C(=O)O)sc3C)CC2)n1. The predicted molar refractivity (Wildman–Crippen MR) is 92.1 cm³/mol. The molecule has 1 aliphatic heterocycles. The summed E-state index contributed by atoms with van der Waals surface area (Å²) in [7, 11) is 1.60. The van der Waals surface area contributed by atoms with Crippen LogP contribution in [0.25, 0.3) is 0 Å². The molecule has 0 bridgehead atoms. The van der Waals surface area contributed by atoms with Crippen molar-refractivity contribution < 1.29 is 14.6 Å². The molecule has 0 atom stereocenters. The molecule has 1 N–H and O–H groups in total. The number of aromatic nitrogens is 2. The molecule has 3 heterocycles. The van der Waals surface area contributed by atoms with Crippen molar-refractivity contribution in [1.29, 1.82) is 0 Å². The van der Waals surface area contributed by atoms with Crippen LogP contribution >= 0.6 is 11.3 Å². The van der Waals surface area contributed by atoms with Gasteiger partial charge in [-0.1, -0.05) is 0 Å². The zero-order valence-corrected chi connectivity index (χ0v) is 14.5. The van der Waals surface area contributed by atoms with Crippen LogP contribution in [-0.4, -0.2) is 59.2 Å². The first-order valence-electron chi connectivity index (χ1n) is 7.74. The molecule has 0 unspecified atom stereocenters. The maximum atomic E-state index is 11.1. The number of methoxy groups -OCH3 is 1. The Bertz CT molecular complexity index is 726. The minimum atomic E-state index is -0.852. The lowest BCUT2D eigenvalue weighted by atomic mass is 10.2. The molecular weight excluding hydrogens is 328 g/mol. The molecule has 1 aliphatic rings. The van der Waals surface area contributed by atoms with Gasteiger partial charge >= 0.3 is 5.97 Å². The molecule has 2 aromatic heterocycles. The van der Waals surface area contributed by atoms with E-state index in [1.165, 1.54) is 11.3 Å². The number of nitrogens with zero attached hydrogens (tertiary/aromatic N) is 4. The van der Waals surface area contributed by atoms with E-state index < -0.39 is 5.97 Å². The second-order valence-electron chi connectivity index (χ2n) is 5.66. The van der Waals surface area contributed by atoms with E-state index in [1.54, 1.807) is 25.4 Å². The van der Waals surface area contributed by atoms with Gasteiger partial charge in [0.1, 0.15) is 4.88 Å². The second-order valence-corrected chi connectivity index (χ2v) is 6.92. The number of carboxylic acid groups (broad SMARTS) is 1. The van der Waals surface area contributed by atoms with Gasteiger partial charge in [0, 0.05) is 49.9 Å². The van der Waals surface area contributed by atoms with Crippen molar-refractivity contribution in [3.05, 3.63) is 33.6 Å². The van der Waals surface area contributed by atoms with Crippen LogP contribution in [0.1, 0.15) is 20.1 Å². The highest BCUT2D eigenvalue weighted by atomic mass is 32.1. The normalized spacial score (nSPS) is 15.5. The Morgan fingerprint density at radius 3 is 2.75 bits per heavy atom. The molecule has 0 amide bonds. The van der Waals surface area contributed by atoms with E-state index in [0.717, 1.165) is 43.2 Å². The van der Waals surface area contributed by atoms with E-state index in [1.807, 2.05) is 6.92 Å². The molecule has 1 saturated heterocycles. The minimum absolute atomic E-state index is 0.408. The van der Waals surface area contributed by atoms with Gasteiger partial charge in [0.05, 0.1) is 7.11 Å². The van der Waals surface area contributed by atoms with Crippen molar-refractivity contribution in [2.45, 2.75) is 13.5 Å². The molecule has 1 fully saturated rings. The van der Waals surface area contributed by atoms with E-state index in [4.69, 9.17) is 9.84 Å². The lowest BCUT2D eigenvalue weighted by Crippen LogP contribution is -2.46. The fourth-order valence-electron chi connectivity index (χ4n) is 2.73. The summed E-state index contributed by atoms with van der Waals surface area (Å²) >= 11 is 1.34. The van der Waals surface area contributed by atoms with Gasteiger partial charge in [-0.15, -0.1) is 11.3 Å². The van der Waals surface area contributed by atoms with Crippen molar-refractivity contribution >= 4 is 23.3 Å². The number of hydrogen-bond acceptors (Lipinski definition) is 7. The standard InChI is InChI=1S/C16H20N4O3S/c1-11-12(9-13(24-11)15(21)22)10-19-5-7-20(8-6-19)16-17-4-3-14(18-16)23-2/h3-4,9H,5-8,10H2,1-2H3,(H,21,22). The molecule has 128 valence electrons. The van der Waals surface area contributed by atoms with E-state index in [9.17, 15) is 4.79 Å². The minimum Gasteiger partial charge on any atom is -0.481 e. The third-order valence-electron chi connectivity index (χ3n) is 4.11. The zero-order valence-electron chi connectivity index (χ0n) is 13.7. The number of rotatable bonds is 5. The highest BCUT2D eigenvalue weighted by molar-refractivity contribution is 7.14. The number of hydrogen-bond donors (Lipinski definition) is 1. The molecule has 0 radical (unpaired) electrons. The fraction of sp³-hybridized carbons (Fsp3) is 0.438. The number of piperazine rings is 1. The third kappa shape index (κ3) is 3.65. The monoisotopic (exact) mass is 348 g/mol. The van der Waals surface area contributed by atoms with Crippen LogP contribution in [0.4, 0.5) is 5.95 Å². The molecule has 24 heavy (non-hydrogen) atoms. The van der Waals surface area contributed by atoms with Gasteiger partial charge in [-0.25, -0.2) is 9.78 Å². The molecule has 7 nitrogen and oxygen atoms in total. The maximum absolute atomic E-state index is 11.1. The number of aryl methyl sites for hydroxylation is 1. The highest BCUT2D eigenvalue weighted by Crippen LogP contribution is 2.24. The van der Waals surface area contributed by atoms with Crippen LogP contribution in [0.5, 0.6) is 5.88 Å². The quantitative estimate of drug-likeness (QED) is 0.884. The maximum Gasteiger partial charge on any atom is 0.345 e. The van der Waals surface area contributed by atoms with Gasteiger partial charge in [-0.05, 0) is 18.6 Å². The Hall–Kier alpha value is -2.19. The van der Waals surface area contributed by atoms with Crippen LogP contribution in [-0.2, 0) is 6.54 Å². The van der Waals surface area contributed by atoms with Gasteiger partial charge in [-0.2, -0.15) is 4.98 Å². The van der Waals surface area contributed by atoms with E-state index in [0.29, 0.717) is 16.7 Å². The van der Waals surface area contributed by atoms with Crippen molar-refractivity contribution in [3.63, 3.8) is 0 Å². The molecule has 3 rings (SSSR count). The molecule has 0 aromatic carbocycles. The van der Waals surface area contributed by atoms with Crippen LogP contribution in [0.15, 0.2) is 18.3 Å². The summed E-state index contributed by atoms with van der Waals surface area (Å²) in [6.07, 6.45) is 1.70. The molecular formula is C16H20N4O3S. The van der Waals surface area contributed by atoms with Crippen molar-refractivity contribution in [2.24, 2.45) is 0 Å². The first kappa shape index (κ1) is 16.7. The van der Waals surface area contributed by atoms with Gasteiger partial charge in [-0.3, -0.25) is 4.90 Å². The number of aromatic carboxylic acids is 1. The van der Waals surface area contributed by atoms with Gasteiger partial charge in [0.25, 0.3) is 0 Å². The van der Waals surface area contributed by atoms with Crippen molar-refractivity contribution in [1.82, 2.24) is 14.9 Å². The van der Waals surface area contributed by atoms with Crippen molar-refractivity contribution in [2.75, 3.05) is 38.2 Å². The lowest BCUT2D eigenvalue weighted by Gasteiger charge is -2.34. The number of carboxylic acids is 1. The Morgan fingerprint density at radius 2 is 2.12 bits per heavy atom. The van der Waals surface area contributed by atoms with Crippen LogP contribution < -0.4 is 9.64 Å². The van der Waals surface area contributed by atoms with E-state index >= 15 is 0 Å². The van der Waals surface area contributed by atoms with Crippen molar-refractivity contribution in [3.8, 4) is 5.88 Å². The average Bonchev–Trinajstić information content (AvgIpc) is 2.97. The molecule has 8 heteroatoms. The largest absolute Gasteiger partial charge is 0.481 e. The van der Waals surface area contributed by atoms with Crippen LogP contribution in [0.3, 0.4) is 0 Å². The first-order valence-corrected chi connectivity index (χ1v) is 8.55. The summed E-state index contributed by atoms with van der Waals surface area (Å²) in [5.41, 5.74) is 1.10. The zero-order chi connectivity index (χ0) is 17.1. The predicted octanol–water partition coefficient (Wildman–Crippen LogP) is 1.88. The number of thiophene rings is 1. The lowest BCUT2D eigenvalue weighted by molar-refractivity contribution is 0.0702. The Labute approximate surface area is 144 Å². The summed E-state index contributed by atoms with van der Waals surface area (Å²) in [5, 5.41) is 9.10. The summed E-state index contributed by atoms with van der Waals surface area (Å²) in [5.74, 6) is 0.403. The van der Waals surface area contributed by atoms with Gasteiger partial charge in [0.15, 0.2) is 0 Å². The van der Waals surface area contributed by atoms with Crippen LogP contribution in [0.2, 0.25) is 0 Å². The Kier molecular flexibility index (Phi) is 4.96. The van der Waals surface area contributed by atoms with Crippen LogP contribution in [0, 0.1) is 6.92 Å². The number of ether oxygens (including phenoxy) is 1. The Morgan fingerprint density at radius 1 is 1.38 bits per heavy atom. The summed E-state index contributed by atoms with van der Waals surface area (Å²) in [4.78, 5) is 25.7. The second kappa shape index (κ2) is 7.14. The fourth-order valence-corrected chi connectivity index (χ4v) is 3.60. The summed E-state index contributed by atoms with van der Waals surface area (Å²) < 4.78 is 5.15. The third-order valence-corrected chi connectivity index (χ3v) is 5.19. The van der Waals surface area contributed by atoms with E-state index in [2.05, 4.69) is 19.8 Å². The highest BCUT2D eigenvalue weighted by Gasteiger charge is 2.21. The summed E-state index contributed by atoms with van der Waals surface area (Å²) in [6, 6.07) is 3.53. The molecule has 0 saturated carbocycles. The van der Waals surface area contributed by atoms with Gasteiger partial charge in [0.2, 0.25) is 11.8 Å². The number of carbonyl (C=O) groups is 1. The van der Waals surface area contributed by atoms with Gasteiger partial charge < -0.3 is 14.7 Å². The van der Waals surface area contributed by atoms with E-state index in [-0.39, 0.29) is 0 Å². The summed E-state index contributed by atoms with van der Waals surface area (Å²) in [6.45, 7) is 6.20. The smallest absolute Gasteiger partial charge is 0.345 e. The molecule has 0 spiro atoms. The molecule has 2 aromatic rings. The average molecular weight is 348 g/mol. The first-order chi connectivity index (χ1) is 11.6. The number of anilines is 1.